The number of hydrogen-bond acceptors (Lipinski definition) is 7. The second-order valence-corrected chi connectivity index (χ2v) is 9.98. The molecule has 1 heterocycles. The molecule has 0 amide bonds. The number of nitrogens with zero attached hydrogens (tertiary/aromatic N) is 4. The van der Waals surface area contributed by atoms with Gasteiger partial charge < -0.3 is 19.3 Å². The Bertz CT molecular complexity index is 1420. The van der Waals surface area contributed by atoms with Crippen LogP contribution in [0.3, 0.4) is 0 Å². The van der Waals surface area contributed by atoms with E-state index in [1.165, 1.54) is 23.4 Å². The Morgan fingerprint density at radius 3 is 1.87 bits per heavy atom. The van der Waals surface area contributed by atoms with Crippen molar-refractivity contribution in [1.82, 2.24) is 9.97 Å². The number of benzene rings is 2. The van der Waals surface area contributed by atoms with Crippen molar-refractivity contribution >= 4 is 47.2 Å². The van der Waals surface area contributed by atoms with E-state index in [-0.39, 0.29) is 72.5 Å². The van der Waals surface area contributed by atoms with Gasteiger partial charge in [-0.1, -0.05) is 0 Å². The van der Waals surface area contributed by atoms with Gasteiger partial charge in [0.25, 0.3) is 0 Å². The molecule has 0 N–H and O–H groups in total. The molecule has 1 aromatic heterocycles. The first kappa shape index (κ1) is 38.9. The summed E-state index contributed by atoms with van der Waals surface area (Å²) in [6.45, 7) is 0.907. The molecular weight excluding hydrogens is 646 g/mol. The molecule has 46 heavy (non-hydrogen) atoms. The Kier molecular flexibility index (Phi) is 13.6. The molecule has 0 spiro atoms. The molecule has 0 fully saturated rings. The van der Waals surface area contributed by atoms with Gasteiger partial charge in [-0.2, -0.15) is 39.5 Å². The summed E-state index contributed by atoms with van der Waals surface area (Å²) in [5.41, 5.74) is -4.16. The predicted octanol–water partition coefficient (Wildman–Crippen LogP) is 6.88. The van der Waals surface area contributed by atoms with Crippen LogP contribution in [0.25, 0.3) is 0 Å². The van der Waals surface area contributed by atoms with Crippen LogP contribution < -0.4 is 14.5 Å². The van der Waals surface area contributed by atoms with E-state index < -0.39 is 59.8 Å². The molecule has 3 aromatic rings. The van der Waals surface area contributed by atoms with Gasteiger partial charge in [-0.25, -0.2) is 9.97 Å². The third kappa shape index (κ3) is 11.2. The minimum atomic E-state index is -5.11. The van der Waals surface area contributed by atoms with Crippen molar-refractivity contribution in [3.05, 3.63) is 76.6 Å². The normalized spacial score (nSPS) is 11.9. The number of ether oxygens (including phenoxy) is 2. The van der Waals surface area contributed by atoms with Gasteiger partial charge in [0.15, 0.2) is 5.75 Å². The Hall–Kier alpha value is -3.24. The van der Waals surface area contributed by atoms with Crippen LogP contribution >= 0.6 is 0 Å². The second kappa shape index (κ2) is 16.0. The molecule has 0 radical (unpaired) electrons. The summed E-state index contributed by atoms with van der Waals surface area (Å²) in [5, 5.41) is 0. The Labute approximate surface area is 281 Å². The van der Waals surface area contributed by atoms with Gasteiger partial charge in [0, 0.05) is 39.3 Å². The van der Waals surface area contributed by atoms with Crippen molar-refractivity contribution < 1.29 is 53.8 Å². The van der Waals surface area contributed by atoms with Gasteiger partial charge in [0.05, 0.1) is 42.3 Å². The first-order valence-electron chi connectivity index (χ1n) is 13.4. The van der Waals surface area contributed by atoms with Crippen molar-refractivity contribution in [3.63, 3.8) is 0 Å². The van der Waals surface area contributed by atoms with Gasteiger partial charge in [0.2, 0.25) is 5.95 Å². The van der Waals surface area contributed by atoms with Crippen LogP contribution in [0.5, 0.6) is 5.75 Å². The van der Waals surface area contributed by atoms with Gasteiger partial charge in [-0.3, -0.25) is 4.79 Å². The van der Waals surface area contributed by atoms with Crippen LogP contribution in [0.15, 0.2) is 48.8 Å². The number of aromatic nitrogens is 2. The van der Waals surface area contributed by atoms with Crippen molar-refractivity contribution in [1.29, 1.82) is 0 Å². The zero-order valence-corrected chi connectivity index (χ0v) is 24.3. The predicted molar refractivity (Wildman–Crippen MR) is 153 cm³/mol. The first-order valence-corrected chi connectivity index (χ1v) is 13.4. The van der Waals surface area contributed by atoms with Crippen LogP contribution in [-0.2, 0) is 41.1 Å². The number of hydrogen-bond donors (Lipinski definition) is 0. The van der Waals surface area contributed by atoms with E-state index in [4.69, 9.17) is 9.47 Å². The minimum absolute atomic E-state index is 0. The average Bonchev–Trinajstić information content (AvgIpc) is 2.94. The number of carbonyl (C=O) groups is 1. The van der Waals surface area contributed by atoms with E-state index in [0.717, 1.165) is 17.0 Å². The molecule has 2 aromatic carbocycles. The fraction of sp³-hybridized carbons (Fsp3) is 0.414. The molecule has 0 saturated heterocycles. The van der Waals surface area contributed by atoms with Crippen molar-refractivity contribution in [2.45, 2.75) is 51.4 Å². The molecule has 0 atom stereocenters. The molecule has 7 nitrogen and oxygen atoms in total. The fourth-order valence-electron chi connectivity index (χ4n) is 4.25. The summed E-state index contributed by atoms with van der Waals surface area (Å²) in [4.78, 5) is 22.4. The fourth-order valence-corrected chi connectivity index (χ4v) is 4.25. The van der Waals surface area contributed by atoms with E-state index in [0.29, 0.717) is 24.2 Å². The van der Waals surface area contributed by atoms with Gasteiger partial charge in [-0.15, -0.1) is 0 Å². The van der Waals surface area contributed by atoms with Crippen molar-refractivity contribution in [2.75, 3.05) is 37.1 Å². The van der Waals surface area contributed by atoms with Crippen molar-refractivity contribution in [3.8, 4) is 5.75 Å². The molecule has 0 aliphatic rings. The standard InChI is InChI=1S/C29H29F9N4O3.Na.H/c1-4-44-25(43)6-5-9-45-23-14-39-26(40-15-23)42(17-19-12-20(27(30,31)32)7-8-24(19)41(2)3)16-18-10-21(28(33,34)35)13-22(11-18)29(36,37)38;;/h7-8,10-15H,4-6,9,16-17H2,1-3H3;;. The molecule has 3 rings (SSSR count). The molecule has 0 saturated carbocycles. The zero-order chi connectivity index (χ0) is 33.6. The first-order chi connectivity index (χ1) is 20.9. The molecule has 17 heteroatoms. The summed E-state index contributed by atoms with van der Waals surface area (Å²) in [6.07, 6.45) is -12.2. The van der Waals surface area contributed by atoms with Gasteiger partial charge >= 0.3 is 54.1 Å². The number of esters is 1. The third-order valence-electron chi connectivity index (χ3n) is 6.27. The second-order valence-electron chi connectivity index (χ2n) is 9.98. The van der Waals surface area contributed by atoms with Crippen LogP contribution in [-0.4, -0.2) is 72.8 Å². The average molecular weight is 677 g/mol. The third-order valence-corrected chi connectivity index (χ3v) is 6.27. The van der Waals surface area contributed by atoms with E-state index >= 15 is 0 Å². The van der Waals surface area contributed by atoms with Gasteiger partial charge in [-0.05, 0) is 60.9 Å². The molecule has 0 bridgehead atoms. The van der Waals surface area contributed by atoms with E-state index in [1.807, 2.05) is 0 Å². The van der Waals surface area contributed by atoms with Crippen LogP contribution in [0.1, 0.15) is 47.6 Å². The van der Waals surface area contributed by atoms with Crippen LogP contribution in [0.4, 0.5) is 51.1 Å². The van der Waals surface area contributed by atoms with E-state index in [1.54, 1.807) is 21.0 Å². The summed E-state index contributed by atoms with van der Waals surface area (Å²) in [7, 11) is 3.12. The molecule has 0 aliphatic heterocycles. The monoisotopic (exact) mass is 676 g/mol. The maximum atomic E-state index is 13.6. The maximum absolute atomic E-state index is 13.6. The summed E-state index contributed by atoms with van der Waals surface area (Å²) < 4.78 is 132. The number of carbonyl (C=O) groups excluding carboxylic acids is 1. The Balaban J connectivity index is 0.00000736. The number of rotatable bonds is 12. The quantitative estimate of drug-likeness (QED) is 0.0898. The number of alkyl halides is 9. The van der Waals surface area contributed by atoms with Crippen LogP contribution in [0.2, 0.25) is 0 Å². The zero-order valence-electron chi connectivity index (χ0n) is 24.3. The summed E-state index contributed by atoms with van der Waals surface area (Å²) in [6, 6.07) is 3.95. The molecule has 0 unspecified atom stereocenters. The number of halogens is 9. The van der Waals surface area contributed by atoms with E-state index in [9.17, 15) is 44.3 Å². The molecule has 0 aliphatic carbocycles. The van der Waals surface area contributed by atoms with Crippen LogP contribution in [0, 0.1) is 0 Å². The summed E-state index contributed by atoms with van der Waals surface area (Å²) in [5.74, 6) is -0.491. The SMILES string of the molecule is CCOC(=O)CCCOc1cnc(N(Cc2cc(C(F)(F)F)cc(C(F)(F)F)c2)Cc2cc(C(F)(F)F)ccc2N(C)C)nc1.[NaH]. The molecular formula is C29H30F9N4NaO3. The van der Waals surface area contributed by atoms with Crippen molar-refractivity contribution in [2.24, 2.45) is 0 Å². The topological polar surface area (TPSA) is 67.8 Å². The van der Waals surface area contributed by atoms with E-state index in [2.05, 4.69) is 9.97 Å². The Morgan fingerprint density at radius 2 is 1.37 bits per heavy atom. The Morgan fingerprint density at radius 1 is 0.804 bits per heavy atom. The molecule has 248 valence electrons. The summed E-state index contributed by atoms with van der Waals surface area (Å²) >= 11 is 0. The van der Waals surface area contributed by atoms with Gasteiger partial charge in [0.1, 0.15) is 0 Å². The number of anilines is 2.